The largest absolute Gasteiger partial charge is 0.374 e. The molecule has 0 saturated carbocycles. The van der Waals surface area contributed by atoms with Crippen LogP contribution in [0.4, 0.5) is 0 Å². The molecule has 1 atom stereocenters. The van der Waals surface area contributed by atoms with E-state index in [9.17, 15) is 5.11 Å². The molecule has 1 heterocycles. The van der Waals surface area contributed by atoms with Gasteiger partial charge in [-0.1, -0.05) is 51.5 Å². The molecule has 0 bridgehead atoms. The maximum absolute atomic E-state index is 9.58. The Balaban J connectivity index is 2.04. The zero-order valence-electron chi connectivity index (χ0n) is 12.6. The first kappa shape index (κ1) is 16.2. The average molecular weight is 266 g/mol. The van der Waals surface area contributed by atoms with E-state index >= 15 is 0 Å². The Morgan fingerprint density at radius 1 is 1.21 bits per heavy atom. The average Bonchev–Trinajstić information content (AvgIpc) is 2.85. The number of aliphatic hydroxyl groups is 1. The van der Waals surface area contributed by atoms with E-state index in [0.29, 0.717) is 0 Å². The Bertz CT molecular complexity index is 284. The van der Waals surface area contributed by atoms with Crippen molar-refractivity contribution in [1.82, 2.24) is 4.90 Å². The Morgan fingerprint density at radius 3 is 2.58 bits per heavy atom. The highest BCUT2D eigenvalue weighted by molar-refractivity contribution is 5.94. The van der Waals surface area contributed by atoms with Crippen molar-refractivity contribution < 1.29 is 5.11 Å². The van der Waals surface area contributed by atoms with E-state index in [0.717, 1.165) is 25.3 Å². The predicted molar refractivity (Wildman–Crippen MR) is 82.4 cm³/mol. The van der Waals surface area contributed by atoms with Crippen LogP contribution in [0.1, 0.15) is 65.2 Å². The molecule has 0 spiro atoms. The monoisotopic (exact) mass is 266 g/mol. The molecule has 1 aliphatic heterocycles. The van der Waals surface area contributed by atoms with Crippen LogP contribution in [0, 0.1) is 0 Å². The molecule has 1 unspecified atom stereocenters. The SMILES string of the molecule is CCCCCCCCC/C=C/C1=NCCN1C(C)O. The molecule has 1 rings (SSSR count). The van der Waals surface area contributed by atoms with E-state index in [4.69, 9.17) is 0 Å². The summed E-state index contributed by atoms with van der Waals surface area (Å²) in [4.78, 5) is 6.35. The number of aliphatic hydroxyl groups excluding tert-OH is 1. The number of rotatable bonds is 10. The third-order valence-electron chi connectivity index (χ3n) is 3.60. The van der Waals surface area contributed by atoms with Crippen LogP contribution in [0.15, 0.2) is 17.1 Å². The highest BCUT2D eigenvalue weighted by atomic mass is 16.3. The Hall–Kier alpha value is -0.830. The van der Waals surface area contributed by atoms with E-state index in [1.54, 1.807) is 6.92 Å². The van der Waals surface area contributed by atoms with Crippen molar-refractivity contribution in [3.05, 3.63) is 12.2 Å². The van der Waals surface area contributed by atoms with Crippen molar-refractivity contribution in [2.24, 2.45) is 4.99 Å². The number of amidine groups is 1. The minimum absolute atomic E-state index is 0.426. The second-order valence-corrected chi connectivity index (χ2v) is 5.38. The summed E-state index contributed by atoms with van der Waals surface area (Å²) in [5.74, 6) is 0.943. The zero-order valence-corrected chi connectivity index (χ0v) is 12.6. The molecule has 1 N–H and O–H groups in total. The highest BCUT2D eigenvalue weighted by Gasteiger charge is 2.17. The third-order valence-corrected chi connectivity index (χ3v) is 3.60. The summed E-state index contributed by atoms with van der Waals surface area (Å²) in [6.07, 6.45) is 14.4. The molecule has 0 aliphatic carbocycles. The molecule has 0 aromatic carbocycles. The van der Waals surface area contributed by atoms with Crippen LogP contribution in [0.5, 0.6) is 0 Å². The van der Waals surface area contributed by atoms with Gasteiger partial charge in [-0.3, -0.25) is 4.99 Å². The summed E-state index contributed by atoms with van der Waals surface area (Å²) in [7, 11) is 0. The fraction of sp³-hybridized carbons (Fsp3) is 0.812. The molecular formula is C16H30N2O. The fourth-order valence-electron chi connectivity index (χ4n) is 2.41. The van der Waals surface area contributed by atoms with Gasteiger partial charge in [0, 0.05) is 6.54 Å². The quantitative estimate of drug-likeness (QED) is 0.611. The molecule has 3 nitrogen and oxygen atoms in total. The van der Waals surface area contributed by atoms with Crippen molar-refractivity contribution in [2.45, 2.75) is 71.4 Å². The van der Waals surface area contributed by atoms with Gasteiger partial charge in [0.15, 0.2) is 0 Å². The molecule has 110 valence electrons. The van der Waals surface area contributed by atoms with Gasteiger partial charge in [-0.2, -0.15) is 0 Å². The molecule has 0 aromatic heterocycles. The van der Waals surface area contributed by atoms with Gasteiger partial charge >= 0.3 is 0 Å². The Morgan fingerprint density at radius 2 is 1.89 bits per heavy atom. The molecule has 3 heteroatoms. The lowest BCUT2D eigenvalue weighted by atomic mass is 10.1. The van der Waals surface area contributed by atoms with Gasteiger partial charge in [0.1, 0.15) is 12.1 Å². The lowest BCUT2D eigenvalue weighted by Gasteiger charge is -2.21. The first-order valence-corrected chi connectivity index (χ1v) is 7.91. The molecule has 0 saturated heterocycles. The van der Waals surface area contributed by atoms with Gasteiger partial charge < -0.3 is 10.0 Å². The van der Waals surface area contributed by atoms with Crippen LogP contribution in [0.25, 0.3) is 0 Å². The zero-order chi connectivity index (χ0) is 13.9. The van der Waals surface area contributed by atoms with E-state index in [1.807, 2.05) is 4.90 Å². The summed E-state index contributed by atoms with van der Waals surface area (Å²) >= 11 is 0. The van der Waals surface area contributed by atoms with E-state index in [1.165, 1.54) is 44.9 Å². The Kier molecular flexibility index (Phi) is 8.55. The standard InChI is InChI=1S/C16H30N2O/c1-3-4-5-6-7-8-9-10-11-12-16-17-13-14-18(16)15(2)19/h11-12,15,19H,3-10,13-14H2,1-2H3/b12-11+. The number of nitrogens with zero attached hydrogens (tertiary/aromatic N) is 2. The molecule has 0 aromatic rings. The normalized spacial score (nSPS) is 17.2. The predicted octanol–water partition coefficient (Wildman–Crippen LogP) is 3.74. The smallest absolute Gasteiger partial charge is 0.125 e. The number of aliphatic imine (C=N–C) groups is 1. The molecule has 0 radical (unpaired) electrons. The van der Waals surface area contributed by atoms with Gasteiger partial charge in [0.25, 0.3) is 0 Å². The fourth-order valence-corrected chi connectivity index (χ4v) is 2.41. The first-order chi connectivity index (χ1) is 9.25. The van der Waals surface area contributed by atoms with Crippen LogP contribution in [-0.4, -0.2) is 35.2 Å². The van der Waals surface area contributed by atoms with Gasteiger partial charge in [0.05, 0.1) is 6.54 Å². The van der Waals surface area contributed by atoms with E-state index in [2.05, 4.69) is 24.1 Å². The second kappa shape index (κ2) is 10.0. The highest BCUT2D eigenvalue weighted by Crippen LogP contribution is 2.10. The van der Waals surface area contributed by atoms with Crippen molar-refractivity contribution in [3.8, 4) is 0 Å². The van der Waals surface area contributed by atoms with Crippen LogP contribution in [0.2, 0.25) is 0 Å². The summed E-state index contributed by atoms with van der Waals surface area (Å²) < 4.78 is 0. The topological polar surface area (TPSA) is 35.8 Å². The van der Waals surface area contributed by atoms with E-state index in [-0.39, 0.29) is 0 Å². The van der Waals surface area contributed by atoms with Crippen molar-refractivity contribution in [3.63, 3.8) is 0 Å². The molecule has 0 fully saturated rings. The molecule has 19 heavy (non-hydrogen) atoms. The number of hydrogen-bond acceptors (Lipinski definition) is 3. The number of hydrogen-bond donors (Lipinski definition) is 1. The van der Waals surface area contributed by atoms with Gasteiger partial charge in [-0.25, -0.2) is 0 Å². The molecule has 0 amide bonds. The number of allylic oxidation sites excluding steroid dienone is 1. The first-order valence-electron chi connectivity index (χ1n) is 7.91. The summed E-state index contributed by atoms with van der Waals surface area (Å²) in [5, 5.41) is 9.58. The maximum Gasteiger partial charge on any atom is 0.125 e. The van der Waals surface area contributed by atoms with Crippen LogP contribution >= 0.6 is 0 Å². The minimum atomic E-state index is -0.426. The van der Waals surface area contributed by atoms with Gasteiger partial charge in [-0.05, 0) is 25.8 Å². The maximum atomic E-state index is 9.58. The van der Waals surface area contributed by atoms with Gasteiger partial charge in [-0.15, -0.1) is 0 Å². The Labute approximate surface area is 118 Å². The lowest BCUT2D eigenvalue weighted by molar-refractivity contribution is 0.0788. The van der Waals surface area contributed by atoms with Crippen molar-refractivity contribution in [2.75, 3.05) is 13.1 Å². The second-order valence-electron chi connectivity index (χ2n) is 5.38. The van der Waals surface area contributed by atoms with E-state index < -0.39 is 6.23 Å². The lowest BCUT2D eigenvalue weighted by Crippen LogP contribution is -2.34. The molecule has 1 aliphatic rings. The third kappa shape index (κ3) is 6.76. The van der Waals surface area contributed by atoms with Crippen LogP contribution in [0.3, 0.4) is 0 Å². The van der Waals surface area contributed by atoms with Crippen LogP contribution < -0.4 is 0 Å². The molecular weight excluding hydrogens is 236 g/mol. The summed E-state index contributed by atoms with van der Waals surface area (Å²) in [6, 6.07) is 0. The van der Waals surface area contributed by atoms with Crippen molar-refractivity contribution >= 4 is 5.84 Å². The summed E-state index contributed by atoms with van der Waals surface area (Å²) in [6.45, 7) is 5.70. The van der Waals surface area contributed by atoms with Crippen molar-refractivity contribution in [1.29, 1.82) is 0 Å². The number of unbranched alkanes of at least 4 members (excludes halogenated alkanes) is 7. The van der Waals surface area contributed by atoms with Crippen LogP contribution in [-0.2, 0) is 0 Å². The minimum Gasteiger partial charge on any atom is -0.374 e. The van der Waals surface area contributed by atoms with Gasteiger partial charge in [0.2, 0.25) is 0 Å². The summed E-state index contributed by atoms with van der Waals surface area (Å²) in [5.41, 5.74) is 0.